The number of amides is 4. The fourth-order valence-corrected chi connectivity index (χ4v) is 11.7. The number of carboxylic acids is 1. The fourth-order valence-electron chi connectivity index (χ4n) is 10.4. The number of phenols is 1. The number of benzene rings is 3. The molecular formula is C44H41ClN4O7S. The van der Waals surface area contributed by atoms with E-state index >= 15 is 9.59 Å². The van der Waals surface area contributed by atoms with Crippen molar-refractivity contribution >= 4 is 79.2 Å². The summed E-state index contributed by atoms with van der Waals surface area (Å²) in [5.41, 5.74) is 1.98. The summed E-state index contributed by atoms with van der Waals surface area (Å²) in [7, 11) is 1.72. The number of hydrogen-bond acceptors (Lipinski definition) is 8. The predicted molar refractivity (Wildman–Crippen MR) is 217 cm³/mol. The van der Waals surface area contributed by atoms with E-state index in [4.69, 9.17) is 21.8 Å². The van der Waals surface area contributed by atoms with E-state index in [9.17, 15) is 19.5 Å². The van der Waals surface area contributed by atoms with Crippen molar-refractivity contribution in [3.8, 4) is 16.3 Å². The summed E-state index contributed by atoms with van der Waals surface area (Å²) in [6.45, 7) is 4.07. The number of nitrogens with zero attached hydrogens (tertiary/aromatic N) is 4. The molecule has 0 spiro atoms. The number of unbranched alkanes of at least 4 members (excludes halogenated alkanes) is 2. The lowest BCUT2D eigenvalue weighted by molar-refractivity contribution is -0.141. The number of imide groups is 2. The highest BCUT2D eigenvalue weighted by atomic mass is 35.5. The van der Waals surface area contributed by atoms with Gasteiger partial charge in [-0.3, -0.25) is 33.6 Å². The second-order valence-electron chi connectivity index (χ2n) is 16.1. The Bertz CT molecular complexity index is 2610. The molecule has 57 heavy (non-hydrogen) atoms. The Hall–Kier alpha value is -5.33. The van der Waals surface area contributed by atoms with Crippen molar-refractivity contribution in [2.24, 2.45) is 36.1 Å². The topological polar surface area (TPSA) is 150 Å². The first-order valence-electron chi connectivity index (χ1n) is 19.4. The number of aromatic nitrogens is 2. The number of aliphatic carboxylic acids is 1. The van der Waals surface area contributed by atoms with Crippen LogP contribution in [0, 0.1) is 36.0 Å². The second-order valence-corrected chi connectivity index (χ2v) is 17.6. The molecule has 4 amide bonds. The van der Waals surface area contributed by atoms with Gasteiger partial charge in [0.25, 0.3) is 0 Å². The monoisotopic (exact) mass is 804 g/mol. The number of phenolic OH excluding ortho intramolecular Hbond substituents is 1. The zero-order chi connectivity index (χ0) is 40.1. The summed E-state index contributed by atoms with van der Waals surface area (Å²) in [6.07, 6.45) is 4.12. The molecule has 5 aromatic rings. The lowest BCUT2D eigenvalue weighted by Crippen LogP contribution is -2.49. The van der Waals surface area contributed by atoms with Gasteiger partial charge in [0.2, 0.25) is 23.6 Å². The Morgan fingerprint density at radius 2 is 1.72 bits per heavy atom. The maximum Gasteiger partial charge on any atom is 0.303 e. The molecule has 4 heterocycles. The van der Waals surface area contributed by atoms with E-state index in [0.717, 1.165) is 37.0 Å². The zero-order valence-corrected chi connectivity index (χ0v) is 33.3. The highest BCUT2D eigenvalue weighted by molar-refractivity contribution is 7.22. The van der Waals surface area contributed by atoms with Crippen LogP contribution < -0.4 is 4.90 Å². The van der Waals surface area contributed by atoms with Gasteiger partial charge in [0.05, 0.1) is 28.0 Å². The molecule has 2 saturated heterocycles. The summed E-state index contributed by atoms with van der Waals surface area (Å²) >= 11 is 7.90. The number of rotatable bonds is 9. The molecule has 13 heteroatoms. The minimum Gasteiger partial charge on any atom is -0.507 e. The number of thiophene rings is 1. The number of halogens is 1. The van der Waals surface area contributed by atoms with Crippen molar-refractivity contribution in [1.29, 1.82) is 0 Å². The second kappa shape index (κ2) is 13.7. The smallest absolute Gasteiger partial charge is 0.303 e. The maximum absolute atomic E-state index is 15.3. The first kappa shape index (κ1) is 37.3. The Kier molecular flexibility index (Phi) is 8.93. The minimum atomic E-state index is -1.28. The van der Waals surface area contributed by atoms with Crippen LogP contribution in [0.4, 0.5) is 5.82 Å². The number of anilines is 1. The van der Waals surface area contributed by atoms with Gasteiger partial charge in [-0.05, 0) is 91.6 Å². The number of allylic oxidation sites excluding steroid dienone is 2. The molecule has 0 radical (unpaired) electrons. The van der Waals surface area contributed by atoms with Gasteiger partial charge in [-0.1, -0.05) is 60.0 Å². The summed E-state index contributed by atoms with van der Waals surface area (Å²) < 4.78 is 2.62. The molecule has 292 valence electrons. The number of likely N-dealkylation sites (tertiary alicyclic amines) is 1. The number of carbonyl (C=O) groups is 5. The quantitative estimate of drug-likeness (QED) is 0.0865. The molecule has 11 nitrogen and oxygen atoms in total. The Morgan fingerprint density at radius 1 is 0.947 bits per heavy atom. The SMILES string of the molecule is Cc1c(-c2cc(N3C(=O)C4CC5C(=CCC6C(=O)N(CCCCCC(=O)O)C(=O)C65)C(c5ccc(O)c6ccccc56)C4(C)C3=O)n(C)n2)sc2ccc(Cl)cc12. The molecule has 6 atom stereocenters. The molecule has 9 rings (SSSR count). The standard InChI is InChI=1S/C44H41ClN4O7S/c1-22-29-19-23(45)12-17-34(29)57-39(22)32-21-35(47(3)46-32)49-41(54)31-20-30-27(13-14-28-37(30)42(55)48(40(28)53)18-8-4-5-11-36(51)52)38(44(31,2)43(49)56)26-15-16-33(50)25-10-7-6-9-24(25)26/h6-7,9-10,12-13,15-17,19,21,28,30-31,37-38,50H,4-5,8,11,14,18,20H2,1-3H3,(H,51,52). The lowest BCUT2D eigenvalue weighted by Gasteiger charge is -2.49. The van der Waals surface area contributed by atoms with Crippen LogP contribution in [0.5, 0.6) is 5.75 Å². The van der Waals surface area contributed by atoms with E-state index < -0.39 is 41.0 Å². The van der Waals surface area contributed by atoms with E-state index in [1.54, 1.807) is 35.2 Å². The molecule has 0 bridgehead atoms. The third-order valence-corrected chi connectivity index (χ3v) is 14.6. The fraction of sp³-hybridized carbons (Fsp3) is 0.364. The van der Waals surface area contributed by atoms with Crippen LogP contribution in [0.1, 0.15) is 62.5 Å². The maximum atomic E-state index is 15.3. The summed E-state index contributed by atoms with van der Waals surface area (Å²) in [4.78, 5) is 73.1. The summed E-state index contributed by atoms with van der Waals surface area (Å²) in [5.74, 6) is -4.96. The van der Waals surface area contributed by atoms with Gasteiger partial charge < -0.3 is 10.2 Å². The highest BCUT2D eigenvalue weighted by Crippen LogP contribution is 2.64. The van der Waals surface area contributed by atoms with Crippen LogP contribution in [0.3, 0.4) is 0 Å². The van der Waals surface area contributed by atoms with E-state index in [0.29, 0.717) is 47.6 Å². The third kappa shape index (κ3) is 5.58. The average molecular weight is 805 g/mol. The van der Waals surface area contributed by atoms with Gasteiger partial charge in [0.1, 0.15) is 17.3 Å². The molecule has 2 aliphatic carbocycles. The van der Waals surface area contributed by atoms with Crippen LogP contribution in [0.25, 0.3) is 31.4 Å². The molecule has 4 aliphatic rings. The Labute approximate surface area is 337 Å². The van der Waals surface area contributed by atoms with Crippen LogP contribution in [0.15, 0.2) is 72.3 Å². The van der Waals surface area contributed by atoms with Crippen LogP contribution in [0.2, 0.25) is 5.02 Å². The number of aryl methyl sites for hydroxylation is 2. The van der Waals surface area contributed by atoms with Gasteiger partial charge in [0, 0.05) is 47.1 Å². The molecule has 2 aromatic heterocycles. The van der Waals surface area contributed by atoms with Gasteiger partial charge in [0.15, 0.2) is 0 Å². The molecule has 2 aliphatic heterocycles. The normalized spacial score (nSPS) is 25.7. The molecular weight excluding hydrogens is 764 g/mol. The van der Waals surface area contributed by atoms with Crippen molar-refractivity contribution in [3.05, 3.63) is 88.5 Å². The van der Waals surface area contributed by atoms with Crippen LogP contribution in [-0.2, 0) is 31.0 Å². The van der Waals surface area contributed by atoms with Crippen molar-refractivity contribution in [2.75, 3.05) is 11.4 Å². The van der Waals surface area contributed by atoms with Crippen LogP contribution >= 0.6 is 22.9 Å². The lowest BCUT2D eigenvalue weighted by atomic mass is 9.51. The van der Waals surface area contributed by atoms with Gasteiger partial charge in [-0.25, -0.2) is 4.90 Å². The van der Waals surface area contributed by atoms with Crippen molar-refractivity contribution < 1.29 is 34.2 Å². The Balaban J connectivity index is 1.13. The molecule has 1 saturated carbocycles. The largest absolute Gasteiger partial charge is 0.507 e. The number of carbonyl (C=O) groups excluding carboxylic acids is 4. The third-order valence-electron chi connectivity index (χ3n) is 13.1. The average Bonchev–Trinajstić information content (AvgIpc) is 3.85. The van der Waals surface area contributed by atoms with Crippen molar-refractivity contribution in [1.82, 2.24) is 14.7 Å². The zero-order valence-electron chi connectivity index (χ0n) is 31.7. The van der Waals surface area contributed by atoms with Crippen LogP contribution in [-0.4, -0.2) is 61.0 Å². The Morgan fingerprint density at radius 3 is 2.49 bits per heavy atom. The van der Waals surface area contributed by atoms with E-state index in [1.807, 2.05) is 68.5 Å². The van der Waals surface area contributed by atoms with Gasteiger partial charge in [-0.2, -0.15) is 5.10 Å². The number of aromatic hydroxyl groups is 1. The van der Waals surface area contributed by atoms with E-state index in [-0.39, 0.29) is 48.8 Å². The predicted octanol–water partition coefficient (Wildman–Crippen LogP) is 8.00. The summed E-state index contributed by atoms with van der Waals surface area (Å²) in [6, 6.07) is 18.4. The van der Waals surface area contributed by atoms with Gasteiger partial charge >= 0.3 is 5.97 Å². The first-order valence-corrected chi connectivity index (χ1v) is 20.6. The first-order chi connectivity index (χ1) is 27.3. The highest BCUT2D eigenvalue weighted by Gasteiger charge is 2.68. The molecule has 6 unspecified atom stereocenters. The van der Waals surface area contributed by atoms with Gasteiger partial charge in [-0.15, -0.1) is 11.3 Å². The minimum absolute atomic E-state index is 0.0277. The molecule has 3 fully saturated rings. The van der Waals surface area contributed by atoms with Crippen molar-refractivity contribution in [2.45, 2.75) is 58.3 Å². The van der Waals surface area contributed by atoms with Crippen molar-refractivity contribution in [3.63, 3.8) is 0 Å². The summed E-state index contributed by atoms with van der Waals surface area (Å²) in [5, 5.41) is 27.8. The number of hydrogen-bond donors (Lipinski definition) is 2. The number of carboxylic acid groups (broad SMARTS) is 1. The number of fused-ring (bicyclic) bond motifs is 6. The van der Waals surface area contributed by atoms with E-state index in [1.165, 1.54) is 9.80 Å². The molecule has 2 N–H and O–H groups in total. The van der Waals surface area contributed by atoms with E-state index in [2.05, 4.69) is 0 Å². The molecule has 3 aromatic carbocycles.